The molecule has 0 radical (unpaired) electrons. The summed E-state index contributed by atoms with van der Waals surface area (Å²) in [6, 6.07) is 9.73. The average Bonchev–Trinajstić information content (AvgIpc) is 3.05. The summed E-state index contributed by atoms with van der Waals surface area (Å²) in [5.41, 5.74) is 0.320. The first-order valence-electron chi connectivity index (χ1n) is 7.80. The lowest BCUT2D eigenvalue weighted by molar-refractivity contribution is -0.145. The zero-order valence-electron chi connectivity index (χ0n) is 14.4. The zero-order chi connectivity index (χ0) is 19.6. The summed E-state index contributed by atoms with van der Waals surface area (Å²) in [5, 5.41) is 8.23. The Morgan fingerprint density at radius 2 is 1.85 bits per heavy atom. The minimum absolute atomic E-state index is 0.000300. The molecule has 1 aromatic heterocycles. The predicted molar refractivity (Wildman–Crippen MR) is 97.1 cm³/mol. The molecule has 0 fully saturated rings. The van der Waals surface area contributed by atoms with Gasteiger partial charge in [-0.3, -0.25) is 24.5 Å². The maximum absolute atomic E-state index is 11.8. The van der Waals surface area contributed by atoms with Gasteiger partial charge in [-0.2, -0.15) is 0 Å². The molecule has 10 heteroatoms. The van der Waals surface area contributed by atoms with Crippen LogP contribution in [0.5, 0.6) is 0 Å². The minimum atomic E-state index is -0.735. The average molecular weight is 391 g/mol. The van der Waals surface area contributed by atoms with Crippen molar-refractivity contribution in [3.63, 3.8) is 0 Å². The first kappa shape index (κ1) is 20.2. The fraction of sp³-hybridized carbons (Fsp3) is 0.235. The lowest BCUT2D eigenvalue weighted by Crippen LogP contribution is -2.34. The van der Waals surface area contributed by atoms with Gasteiger partial charge < -0.3 is 14.6 Å². The Morgan fingerprint density at radius 3 is 2.52 bits per heavy atom. The number of aromatic nitrogens is 1. The number of thioether (sulfide) groups is 1. The summed E-state index contributed by atoms with van der Waals surface area (Å²) in [4.78, 5) is 46.6. The van der Waals surface area contributed by atoms with Crippen LogP contribution in [0.25, 0.3) is 0 Å². The minimum Gasteiger partial charge on any atom is -0.455 e. The highest BCUT2D eigenvalue weighted by molar-refractivity contribution is 8.00. The van der Waals surface area contributed by atoms with Gasteiger partial charge in [0.25, 0.3) is 11.8 Å². The van der Waals surface area contributed by atoms with Crippen molar-refractivity contribution in [1.29, 1.82) is 0 Å². The van der Waals surface area contributed by atoms with E-state index in [9.17, 15) is 19.2 Å². The van der Waals surface area contributed by atoms with E-state index in [2.05, 4.69) is 15.8 Å². The Hall–Kier alpha value is -3.14. The molecule has 1 aromatic carbocycles. The van der Waals surface area contributed by atoms with Crippen molar-refractivity contribution in [2.75, 3.05) is 23.4 Å². The highest BCUT2D eigenvalue weighted by Gasteiger charge is 2.13. The Kier molecular flexibility index (Phi) is 7.56. The Bertz CT molecular complexity index is 821. The maximum atomic E-state index is 11.8. The topological polar surface area (TPSA) is 128 Å². The number of hydrogen-bond donors (Lipinski definition) is 2. The molecule has 2 aromatic rings. The van der Waals surface area contributed by atoms with Gasteiger partial charge in [-0.15, -0.1) is 11.8 Å². The third-order valence-corrected chi connectivity index (χ3v) is 3.91. The zero-order valence-corrected chi connectivity index (χ0v) is 15.2. The third kappa shape index (κ3) is 7.32. The van der Waals surface area contributed by atoms with E-state index in [1.165, 1.54) is 0 Å². The van der Waals surface area contributed by atoms with Crippen LogP contribution in [-0.4, -0.2) is 47.0 Å². The molecule has 2 N–H and O–H groups in total. The molecule has 0 saturated heterocycles. The molecule has 0 aliphatic carbocycles. The number of carbonyl (C=O) groups excluding carboxylic acids is 4. The number of benzene rings is 1. The molecular formula is C17H17N3O6S. The number of imide groups is 1. The van der Waals surface area contributed by atoms with Crippen LogP contribution in [0, 0.1) is 6.92 Å². The number of aryl methyl sites for hydroxylation is 1. The third-order valence-electron chi connectivity index (χ3n) is 3.00. The Balaban J connectivity index is 1.60. The summed E-state index contributed by atoms with van der Waals surface area (Å²) >= 11 is 1.01. The van der Waals surface area contributed by atoms with Gasteiger partial charge in [-0.25, -0.2) is 0 Å². The standard InChI is InChI=1S/C17H17N3O6S/c1-11-7-13(20-26-11)18-15(22)9-27-10-16(23)25-8-14(21)19-17(24)12-5-3-2-4-6-12/h2-7H,8-10H2,1H3,(H,18,20,22)(H,19,21,24). The number of nitrogens with one attached hydrogen (secondary N) is 2. The SMILES string of the molecule is Cc1cc(NC(=O)CSCC(=O)OCC(=O)NC(=O)c2ccccc2)no1. The summed E-state index contributed by atoms with van der Waals surface area (Å²) in [6.07, 6.45) is 0. The molecule has 0 unspecified atom stereocenters. The van der Waals surface area contributed by atoms with Gasteiger partial charge in [-0.1, -0.05) is 23.4 Å². The maximum Gasteiger partial charge on any atom is 0.316 e. The smallest absolute Gasteiger partial charge is 0.316 e. The Labute approximate surface area is 158 Å². The molecular weight excluding hydrogens is 374 g/mol. The van der Waals surface area contributed by atoms with Crippen LogP contribution < -0.4 is 10.6 Å². The van der Waals surface area contributed by atoms with E-state index in [0.717, 1.165) is 11.8 Å². The van der Waals surface area contributed by atoms with E-state index in [4.69, 9.17) is 9.26 Å². The molecule has 0 saturated carbocycles. The van der Waals surface area contributed by atoms with E-state index in [-0.39, 0.29) is 17.4 Å². The Morgan fingerprint density at radius 1 is 1.11 bits per heavy atom. The number of ether oxygens (including phenoxy) is 1. The van der Waals surface area contributed by atoms with Crippen LogP contribution in [0.1, 0.15) is 16.1 Å². The van der Waals surface area contributed by atoms with E-state index < -0.39 is 24.4 Å². The van der Waals surface area contributed by atoms with Crippen LogP contribution >= 0.6 is 11.8 Å². The quantitative estimate of drug-likeness (QED) is 0.642. The number of esters is 1. The van der Waals surface area contributed by atoms with Crippen LogP contribution in [0.3, 0.4) is 0 Å². The van der Waals surface area contributed by atoms with Crippen molar-refractivity contribution >= 4 is 41.3 Å². The molecule has 0 aliphatic rings. The molecule has 2 rings (SSSR count). The number of rotatable bonds is 8. The van der Waals surface area contributed by atoms with Gasteiger partial charge in [0.1, 0.15) is 5.76 Å². The molecule has 142 valence electrons. The van der Waals surface area contributed by atoms with Gasteiger partial charge in [0.05, 0.1) is 11.5 Å². The number of hydrogen-bond acceptors (Lipinski definition) is 8. The summed E-state index contributed by atoms with van der Waals surface area (Å²) in [6.45, 7) is 1.11. The van der Waals surface area contributed by atoms with Gasteiger partial charge in [-0.05, 0) is 19.1 Å². The molecule has 27 heavy (non-hydrogen) atoms. The van der Waals surface area contributed by atoms with Crippen molar-refractivity contribution in [3.8, 4) is 0 Å². The summed E-state index contributed by atoms with van der Waals surface area (Å²) < 4.78 is 9.57. The second kappa shape index (κ2) is 10.1. The van der Waals surface area contributed by atoms with Crippen molar-refractivity contribution in [2.45, 2.75) is 6.92 Å². The second-order valence-corrected chi connectivity index (χ2v) is 6.25. The highest BCUT2D eigenvalue weighted by Crippen LogP contribution is 2.08. The monoisotopic (exact) mass is 391 g/mol. The van der Waals surface area contributed by atoms with Crippen molar-refractivity contribution in [2.24, 2.45) is 0 Å². The fourth-order valence-electron chi connectivity index (χ4n) is 1.84. The van der Waals surface area contributed by atoms with Crippen molar-refractivity contribution < 1.29 is 28.4 Å². The normalized spacial score (nSPS) is 10.1. The van der Waals surface area contributed by atoms with Crippen LogP contribution in [0.15, 0.2) is 40.9 Å². The van der Waals surface area contributed by atoms with Crippen molar-refractivity contribution in [1.82, 2.24) is 10.5 Å². The number of nitrogens with zero attached hydrogens (tertiary/aromatic N) is 1. The number of carbonyl (C=O) groups is 4. The lowest BCUT2D eigenvalue weighted by Gasteiger charge is -2.06. The van der Waals surface area contributed by atoms with Crippen LogP contribution in [0.2, 0.25) is 0 Å². The first-order valence-corrected chi connectivity index (χ1v) is 8.95. The summed E-state index contributed by atoms with van der Waals surface area (Å²) in [7, 11) is 0. The van der Waals surface area contributed by atoms with Crippen LogP contribution in [-0.2, 0) is 19.1 Å². The molecule has 0 spiro atoms. The predicted octanol–water partition coefficient (Wildman–Crippen LogP) is 1.15. The molecule has 9 nitrogen and oxygen atoms in total. The van der Waals surface area contributed by atoms with E-state index in [1.54, 1.807) is 43.3 Å². The largest absolute Gasteiger partial charge is 0.455 e. The fourth-order valence-corrected chi connectivity index (χ4v) is 2.45. The summed E-state index contributed by atoms with van der Waals surface area (Å²) in [5.74, 6) is -1.61. The first-order chi connectivity index (χ1) is 12.9. The van der Waals surface area contributed by atoms with Gasteiger partial charge >= 0.3 is 5.97 Å². The van der Waals surface area contributed by atoms with Crippen LogP contribution in [0.4, 0.5) is 5.82 Å². The molecule has 0 bridgehead atoms. The molecule has 1 heterocycles. The number of amides is 3. The van der Waals surface area contributed by atoms with E-state index in [0.29, 0.717) is 17.1 Å². The highest BCUT2D eigenvalue weighted by atomic mass is 32.2. The van der Waals surface area contributed by atoms with Gasteiger partial charge in [0.15, 0.2) is 12.4 Å². The molecule has 0 aliphatic heterocycles. The lowest BCUT2D eigenvalue weighted by atomic mass is 10.2. The van der Waals surface area contributed by atoms with E-state index >= 15 is 0 Å². The van der Waals surface area contributed by atoms with E-state index in [1.807, 2.05) is 0 Å². The molecule has 3 amide bonds. The number of anilines is 1. The van der Waals surface area contributed by atoms with Crippen molar-refractivity contribution in [3.05, 3.63) is 47.7 Å². The second-order valence-electron chi connectivity index (χ2n) is 5.27. The van der Waals surface area contributed by atoms with Gasteiger partial charge in [0.2, 0.25) is 5.91 Å². The van der Waals surface area contributed by atoms with Gasteiger partial charge in [0, 0.05) is 11.6 Å². The molecule has 0 atom stereocenters.